The first kappa shape index (κ1) is 27.0. The molecule has 3 heteroatoms. The number of aromatic nitrogens is 2. The molecule has 2 aromatic heterocycles. The summed E-state index contributed by atoms with van der Waals surface area (Å²) in [5.41, 5.74) is 12.7. The van der Waals surface area contributed by atoms with Crippen LogP contribution in [0.3, 0.4) is 0 Å². The molecule has 0 bridgehead atoms. The second kappa shape index (κ2) is 10.6. The maximum Gasteiger partial charge on any atom is 0.0998 e. The van der Waals surface area contributed by atoms with Crippen LogP contribution in [0.2, 0.25) is 0 Å². The number of para-hydroxylation sites is 5. The smallest absolute Gasteiger partial charge is 0.0998 e. The van der Waals surface area contributed by atoms with Gasteiger partial charge in [0.05, 0.1) is 45.1 Å². The van der Waals surface area contributed by atoms with Crippen molar-refractivity contribution < 1.29 is 0 Å². The Hall–Kier alpha value is -6.37. The van der Waals surface area contributed by atoms with E-state index in [1.165, 1.54) is 32.6 Å². The van der Waals surface area contributed by atoms with Crippen molar-refractivity contribution in [3.63, 3.8) is 0 Å². The Morgan fingerprint density at radius 2 is 0.872 bits per heavy atom. The first-order valence-electron chi connectivity index (χ1n) is 15.9. The molecule has 0 aliphatic carbocycles. The summed E-state index contributed by atoms with van der Waals surface area (Å²) >= 11 is 0. The molecule has 0 saturated heterocycles. The summed E-state index contributed by atoms with van der Waals surface area (Å²) in [6, 6.07) is 58.2. The number of nitriles is 1. The van der Waals surface area contributed by atoms with E-state index in [9.17, 15) is 5.26 Å². The lowest BCUT2D eigenvalue weighted by molar-refractivity contribution is 1.15. The Morgan fingerprint density at radius 3 is 1.40 bits per heavy atom. The van der Waals surface area contributed by atoms with Crippen molar-refractivity contribution in [2.24, 2.45) is 0 Å². The zero-order valence-corrected chi connectivity index (χ0v) is 25.9. The summed E-state index contributed by atoms with van der Waals surface area (Å²) in [5, 5.41) is 15.4. The molecular formula is C44H29N3. The van der Waals surface area contributed by atoms with Crippen LogP contribution in [0.15, 0.2) is 158 Å². The summed E-state index contributed by atoms with van der Waals surface area (Å²) in [6.45, 7) is 2.14. The van der Waals surface area contributed by atoms with E-state index in [-0.39, 0.29) is 0 Å². The SMILES string of the molecule is Cc1cc(-c2cccc(-c3ccccc3-n3c4ccccc4c4ccccc43)c2)c(C#N)cc1-n1c2ccccc2c2ccccc21. The molecule has 0 amide bonds. The van der Waals surface area contributed by atoms with Crippen LogP contribution >= 0.6 is 0 Å². The molecule has 0 saturated carbocycles. The molecule has 0 N–H and O–H groups in total. The van der Waals surface area contributed by atoms with E-state index >= 15 is 0 Å². The van der Waals surface area contributed by atoms with Crippen molar-refractivity contribution in [1.29, 1.82) is 5.26 Å². The Bertz CT molecular complexity index is 2610. The first-order valence-corrected chi connectivity index (χ1v) is 15.9. The zero-order valence-electron chi connectivity index (χ0n) is 25.9. The van der Waals surface area contributed by atoms with Crippen LogP contribution in [0.25, 0.3) is 77.2 Å². The zero-order chi connectivity index (χ0) is 31.5. The van der Waals surface area contributed by atoms with Gasteiger partial charge in [0.1, 0.15) is 0 Å². The van der Waals surface area contributed by atoms with Crippen molar-refractivity contribution in [2.75, 3.05) is 0 Å². The molecule has 220 valence electrons. The van der Waals surface area contributed by atoms with E-state index in [0.29, 0.717) is 5.56 Å². The Kier molecular flexibility index (Phi) is 6.10. The van der Waals surface area contributed by atoms with E-state index in [0.717, 1.165) is 50.2 Å². The lowest BCUT2D eigenvalue weighted by Crippen LogP contribution is -2.00. The highest BCUT2D eigenvalue weighted by Crippen LogP contribution is 2.39. The number of nitrogens with zero attached hydrogens (tertiary/aromatic N) is 3. The predicted octanol–water partition coefficient (Wildman–Crippen LogP) is 11.4. The molecule has 0 atom stereocenters. The fraction of sp³-hybridized carbons (Fsp3) is 0.0227. The minimum absolute atomic E-state index is 0.653. The van der Waals surface area contributed by atoms with Gasteiger partial charge in [0.15, 0.2) is 0 Å². The van der Waals surface area contributed by atoms with Crippen LogP contribution in [0, 0.1) is 18.3 Å². The lowest BCUT2D eigenvalue weighted by atomic mass is 9.93. The molecule has 47 heavy (non-hydrogen) atoms. The number of aryl methyl sites for hydroxylation is 1. The van der Waals surface area contributed by atoms with Crippen molar-refractivity contribution in [3.8, 4) is 39.7 Å². The van der Waals surface area contributed by atoms with Crippen LogP contribution in [0.1, 0.15) is 11.1 Å². The molecule has 0 radical (unpaired) electrons. The maximum absolute atomic E-state index is 10.5. The monoisotopic (exact) mass is 599 g/mol. The van der Waals surface area contributed by atoms with Gasteiger partial charge in [0, 0.05) is 27.1 Å². The van der Waals surface area contributed by atoms with E-state index < -0.39 is 0 Å². The molecule has 9 rings (SSSR count). The van der Waals surface area contributed by atoms with Gasteiger partial charge in [-0.15, -0.1) is 0 Å². The topological polar surface area (TPSA) is 33.6 Å². The minimum atomic E-state index is 0.653. The quantitative estimate of drug-likeness (QED) is 0.198. The molecule has 0 fully saturated rings. The van der Waals surface area contributed by atoms with Crippen LogP contribution in [0.5, 0.6) is 0 Å². The second-order valence-corrected chi connectivity index (χ2v) is 12.1. The van der Waals surface area contributed by atoms with Gasteiger partial charge in [-0.1, -0.05) is 109 Å². The normalized spacial score (nSPS) is 11.5. The summed E-state index contributed by atoms with van der Waals surface area (Å²) in [4.78, 5) is 0. The molecule has 0 spiro atoms. The van der Waals surface area contributed by atoms with E-state index in [1.54, 1.807) is 0 Å². The van der Waals surface area contributed by atoms with Crippen LogP contribution in [0.4, 0.5) is 0 Å². The standard InChI is InChI=1S/C44H29N3/c1-29-25-38(32(28-45)27-44(29)47-42-23-10-5-18-36(42)37-19-6-11-24-43(37)47)31-14-12-13-30(26-31)33-15-2-7-20-39(33)46-40-21-8-3-16-34(40)35-17-4-9-22-41(35)46/h2-27H,1H3. The summed E-state index contributed by atoms with van der Waals surface area (Å²) in [6.07, 6.45) is 0. The van der Waals surface area contributed by atoms with Gasteiger partial charge >= 0.3 is 0 Å². The number of benzene rings is 7. The maximum atomic E-state index is 10.5. The average molecular weight is 600 g/mol. The Balaban J connectivity index is 1.21. The van der Waals surface area contributed by atoms with Gasteiger partial charge in [-0.05, 0) is 77.7 Å². The van der Waals surface area contributed by atoms with Gasteiger partial charge in [0.2, 0.25) is 0 Å². The highest BCUT2D eigenvalue weighted by Gasteiger charge is 2.18. The van der Waals surface area contributed by atoms with E-state index in [1.807, 2.05) is 0 Å². The third kappa shape index (κ3) is 4.13. The fourth-order valence-electron chi connectivity index (χ4n) is 7.40. The van der Waals surface area contributed by atoms with Crippen LogP contribution < -0.4 is 0 Å². The van der Waals surface area contributed by atoms with Gasteiger partial charge in [-0.3, -0.25) is 0 Å². The number of fused-ring (bicyclic) bond motifs is 6. The van der Waals surface area contributed by atoms with Gasteiger partial charge in [0.25, 0.3) is 0 Å². The molecule has 0 aliphatic heterocycles. The summed E-state index contributed by atoms with van der Waals surface area (Å²) in [7, 11) is 0. The summed E-state index contributed by atoms with van der Waals surface area (Å²) < 4.78 is 4.67. The lowest BCUT2D eigenvalue weighted by Gasteiger charge is -2.16. The molecule has 3 nitrogen and oxygen atoms in total. The minimum Gasteiger partial charge on any atom is -0.309 e. The average Bonchev–Trinajstić information content (AvgIpc) is 3.65. The highest BCUT2D eigenvalue weighted by atomic mass is 15.0. The largest absolute Gasteiger partial charge is 0.309 e. The number of hydrogen-bond donors (Lipinski definition) is 0. The van der Waals surface area contributed by atoms with Crippen molar-refractivity contribution in [2.45, 2.75) is 6.92 Å². The van der Waals surface area contributed by atoms with E-state index in [2.05, 4.69) is 180 Å². The second-order valence-electron chi connectivity index (χ2n) is 12.1. The van der Waals surface area contributed by atoms with Crippen molar-refractivity contribution >= 4 is 43.6 Å². The molecule has 9 aromatic rings. The van der Waals surface area contributed by atoms with Gasteiger partial charge in [-0.2, -0.15) is 5.26 Å². The predicted molar refractivity (Wildman–Crippen MR) is 195 cm³/mol. The van der Waals surface area contributed by atoms with Crippen LogP contribution in [-0.4, -0.2) is 9.13 Å². The third-order valence-electron chi connectivity index (χ3n) is 9.49. The molecule has 0 aliphatic rings. The molecule has 7 aromatic carbocycles. The molecule has 2 heterocycles. The molecular weight excluding hydrogens is 571 g/mol. The Morgan fingerprint density at radius 1 is 0.426 bits per heavy atom. The van der Waals surface area contributed by atoms with Gasteiger partial charge in [-0.25, -0.2) is 0 Å². The van der Waals surface area contributed by atoms with Crippen LogP contribution in [-0.2, 0) is 0 Å². The first-order chi connectivity index (χ1) is 23.2. The fourth-order valence-corrected chi connectivity index (χ4v) is 7.40. The Labute approximate surface area is 272 Å². The van der Waals surface area contributed by atoms with Crippen molar-refractivity contribution in [3.05, 3.63) is 169 Å². The van der Waals surface area contributed by atoms with E-state index in [4.69, 9.17) is 0 Å². The highest BCUT2D eigenvalue weighted by molar-refractivity contribution is 6.10. The number of rotatable bonds is 4. The summed E-state index contributed by atoms with van der Waals surface area (Å²) in [5.74, 6) is 0. The van der Waals surface area contributed by atoms with Crippen molar-refractivity contribution in [1.82, 2.24) is 9.13 Å². The third-order valence-corrected chi connectivity index (χ3v) is 9.49. The van der Waals surface area contributed by atoms with Gasteiger partial charge < -0.3 is 9.13 Å². The number of hydrogen-bond acceptors (Lipinski definition) is 1. The molecule has 0 unspecified atom stereocenters.